The number of methoxy groups -OCH3 is 3. The number of carbonyl (C=O) groups is 1. The van der Waals surface area contributed by atoms with Crippen molar-refractivity contribution in [1.82, 2.24) is 0 Å². The maximum Gasteiger partial charge on any atom is 0.336 e. The van der Waals surface area contributed by atoms with Gasteiger partial charge in [0.2, 0.25) is 0 Å². The number of halogens is 1. The molecule has 5 nitrogen and oxygen atoms in total. The molecular formula is C13H15BrO5. The van der Waals surface area contributed by atoms with Gasteiger partial charge < -0.3 is 19.3 Å². The van der Waals surface area contributed by atoms with Gasteiger partial charge in [-0.1, -0.05) is 6.58 Å². The largest absolute Gasteiger partial charge is 0.493 e. The summed E-state index contributed by atoms with van der Waals surface area (Å²) in [6, 6.07) is 3.20. The van der Waals surface area contributed by atoms with Crippen LogP contribution in [-0.4, -0.2) is 32.4 Å². The van der Waals surface area contributed by atoms with Gasteiger partial charge in [0.1, 0.15) is 6.10 Å². The van der Waals surface area contributed by atoms with Crippen molar-refractivity contribution in [3.05, 3.63) is 34.3 Å². The fraction of sp³-hybridized carbons (Fsp3) is 0.308. The Morgan fingerprint density at radius 3 is 2.42 bits per heavy atom. The molecule has 0 aromatic heterocycles. The summed E-state index contributed by atoms with van der Waals surface area (Å²) in [5.41, 5.74) is 0.390. The lowest BCUT2D eigenvalue weighted by atomic mass is 10.0. The van der Waals surface area contributed by atoms with E-state index in [1.54, 1.807) is 12.1 Å². The van der Waals surface area contributed by atoms with Crippen LogP contribution in [0.1, 0.15) is 11.7 Å². The maximum absolute atomic E-state index is 11.3. The average molecular weight is 331 g/mol. The molecule has 0 saturated heterocycles. The van der Waals surface area contributed by atoms with E-state index in [1.807, 2.05) is 0 Å². The molecule has 0 aliphatic carbocycles. The lowest BCUT2D eigenvalue weighted by Crippen LogP contribution is -2.12. The van der Waals surface area contributed by atoms with Crippen molar-refractivity contribution in [3.63, 3.8) is 0 Å². The number of hydrogen-bond acceptors (Lipinski definition) is 5. The van der Waals surface area contributed by atoms with Crippen molar-refractivity contribution >= 4 is 21.9 Å². The second-order valence-corrected chi connectivity index (χ2v) is 4.51. The second-order valence-electron chi connectivity index (χ2n) is 3.66. The molecule has 0 radical (unpaired) electrons. The van der Waals surface area contributed by atoms with Crippen molar-refractivity contribution in [1.29, 1.82) is 0 Å². The molecule has 1 rings (SSSR count). The molecule has 0 heterocycles. The molecule has 104 valence electrons. The van der Waals surface area contributed by atoms with E-state index < -0.39 is 12.1 Å². The predicted molar refractivity (Wildman–Crippen MR) is 73.4 cm³/mol. The molecule has 1 aromatic rings. The third-order valence-corrected chi connectivity index (χ3v) is 3.14. The molecule has 0 aliphatic heterocycles. The Hall–Kier alpha value is -1.53. The minimum atomic E-state index is -1.18. The van der Waals surface area contributed by atoms with Gasteiger partial charge in [0.15, 0.2) is 11.5 Å². The zero-order valence-corrected chi connectivity index (χ0v) is 12.5. The smallest absolute Gasteiger partial charge is 0.336 e. The van der Waals surface area contributed by atoms with E-state index in [0.29, 0.717) is 21.5 Å². The van der Waals surface area contributed by atoms with Crippen LogP contribution in [0.25, 0.3) is 0 Å². The first-order valence-corrected chi connectivity index (χ1v) is 6.12. The van der Waals surface area contributed by atoms with E-state index in [9.17, 15) is 9.90 Å². The third-order valence-electron chi connectivity index (χ3n) is 2.55. The van der Waals surface area contributed by atoms with Crippen LogP contribution < -0.4 is 9.47 Å². The zero-order chi connectivity index (χ0) is 14.6. The van der Waals surface area contributed by atoms with Crippen LogP contribution in [0.15, 0.2) is 28.8 Å². The maximum atomic E-state index is 11.3. The minimum Gasteiger partial charge on any atom is -0.493 e. The number of carbonyl (C=O) groups excluding carboxylic acids is 1. The Bertz CT molecular complexity index is 498. The molecule has 0 bridgehead atoms. The molecule has 1 atom stereocenters. The molecule has 0 saturated carbocycles. The molecule has 1 unspecified atom stereocenters. The van der Waals surface area contributed by atoms with Crippen LogP contribution in [0, 0.1) is 0 Å². The van der Waals surface area contributed by atoms with E-state index >= 15 is 0 Å². The number of aliphatic hydroxyl groups excluding tert-OH is 1. The molecule has 19 heavy (non-hydrogen) atoms. The Kier molecular flexibility index (Phi) is 5.38. The summed E-state index contributed by atoms with van der Waals surface area (Å²) in [4.78, 5) is 11.3. The highest BCUT2D eigenvalue weighted by Crippen LogP contribution is 2.38. The van der Waals surface area contributed by atoms with E-state index in [4.69, 9.17) is 9.47 Å². The van der Waals surface area contributed by atoms with Crippen molar-refractivity contribution < 1.29 is 24.1 Å². The summed E-state index contributed by atoms with van der Waals surface area (Å²) in [5.74, 6) is 0.268. The number of aliphatic hydroxyl groups is 1. The van der Waals surface area contributed by atoms with Crippen LogP contribution in [0.4, 0.5) is 0 Å². The summed E-state index contributed by atoms with van der Waals surface area (Å²) in [5, 5.41) is 10.1. The Balaban J connectivity index is 3.18. The Morgan fingerprint density at radius 1 is 1.32 bits per heavy atom. The number of rotatable bonds is 5. The van der Waals surface area contributed by atoms with Crippen molar-refractivity contribution in [2.24, 2.45) is 0 Å². The minimum absolute atomic E-state index is 0.0541. The van der Waals surface area contributed by atoms with Gasteiger partial charge in [0.25, 0.3) is 0 Å². The monoisotopic (exact) mass is 330 g/mol. The van der Waals surface area contributed by atoms with E-state index in [2.05, 4.69) is 27.2 Å². The van der Waals surface area contributed by atoms with Crippen LogP contribution in [-0.2, 0) is 9.53 Å². The summed E-state index contributed by atoms with van der Waals surface area (Å²) in [6.07, 6.45) is -1.18. The number of hydrogen-bond donors (Lipinski definition) is 1. The van der Waals surface area contributed by atoms with Gasteiger partial charge >= 0.3 is 5.97 Å². The Labute approximate surface area is 119 Å². The van der Waals surface area contributed by atoms with Gasteiger partial charge in [-0.15, -0.1) is 0 Å². The van der Waals surface area contributed by atoms with Crippen molar-refractivity contribution in [2.45, 2.75) is 6.10 Å². The molecule has 6 heteroatoms. The topological polar surface area (TPSA) is 65.0 Å². The normalized spacial score (nSPS) is 11.6. The first-order valence-electron chi connectivity index (χ1n) is 5.32. The van der Waals surface area contributed by atoms with Gasteiger partial charge in [0.05, 0.1) is 31.4 Å². The molecule has 0 amide bonds. The van der Waals surface area contributed by atoms with Gasteiger partial charge in [0, 0.05) is 0 Å². The lowest BCUT2D eigenvalue weighted by Gasteiger charge is -2.16. The predicted octanol–water partition coefficient (Wildman–Crippen LogP) is 2.23. The van der Waals surface area contributed by atoms with E-state index in [-0.39, 0.29) is 5.57 Å². The molecule has 0 aliphatic rings. The quantitative estimate of drug-likeness (QED) is 0.662. The first kappa shape index (κ1) is 15.5. The van der Waals surface area contributed by atoms with Crippen LogP contribution >= 0.6 is 15.9 Å². The zero-order valence-electron chi connectivity index (χ0n) is 10.9. The molecule has 1 aromatic carbocycles. The lowest BCUT2D eigenvalue weighted by molar-refractivity contribution is -0.137. The average Bonchev–Trinajstić information content (AvgIpc) is 2.43. The van der Waals surface area contributed by atoms with Gasteiger partial charge in [-0.2, -0.15) is 0 Å². The highest BCUT2D eigenvalue weighted by molar-refractivity contribution is 9.10. The third kappa shape index (κ3) is 3.27. The highest BCUT2D eigenvalue weighted by atomic mass is 79.9. The fourth-order valence-electron chi connectivity index (χ4n) is 1.54. The highest BCUT2D eigenvalue weighted by Gasteiger charge is 2.21. The first-order chi connectivity index (χ1) is 8.96. The summed E-state index contributed by atoms with van der Waals surface area (Å²) in [7, 11) is 4.21. The second kappa shape index (κ2) is 6.58. The molecule has 0 spiro atoms. The van der Waals surface area contributed by atoms with Crippen molar-refractivity contribution in [2.75, 3.05) is 21.3 Å². The fourth-order valence-corrected chi connectivity index (χ4v) is 2.16. The number of ether oxygens (including phenoxy) is 3. The molecule has 1 N–H and O–H groups in total. The summed E-state index contributed by atoms with van der Waals surface area (Å²) in [6.45, 7) is 3.52. The number of benzene rings is 1. The SMILES string of the molecule is C=C(C(=O)OC)C(O)c1cc(Br)c(OC)c(OC)c1. The van der Waals surface area contributed by atoms with Crippen molar-refractivity contribution in [3.8, 4) is 11.5 Å². The Morgan fingerprint density at radius 2 is 1.95 bits per heavy atom. The van der Waals surface area contributed by atoms with Crippen LogP contribution in [0.2, 0.25) is 0 Å². The summed E-state index contributed by atoms with van der Waals surface area (Å²) >= 11 is 3.31. The van der Waals surface area contributed by atoms with Gasteiger partial charge in [-0.25, -0.2) is 4.79 Å². The number of esters is 1. The molecular weight excluding hydrogens is 316 g/mol. The van der Waals surface area contributed by atoms with Crippen LogP contribution in [0.3, 0.4) is 0 Å². The van der Waals surface area contributed by atoms with E-state index in [1.165, 1.54) is 21.3 Å². The van der Waals surface area contributed by atoms with E-state index in [0.717, 1.165) is 0 Å². The van der Waals surface area contributed by atoms with Gasteiger partial charge in [-0.05, 0) is 33.6 Å². The summed E-state index contributed by atoms with van der Waals surface area (Å²) < 4.78 is 15.4. The standard InChI is InChI=1S/C13H15BrO5/c1-7(13(16)19-4)11(15)8-5-9(14)12(18-3)10(6-8)17-2/h5-6,11,15H,1H2,2-4H3. The molecule has 0 fully saturated rings. The van der Waals surface area contributed by atoms with Gasteiger partial charge in [-0.3, -0.25) is 0 Å². The van der Waals surface area contributed by atoms with Crippen LogP contribution in [0.5, 0.6) is 11.5 Å².